The molecule has 0 spiro atoms. The molecule has 0 aromatic carbocycles. The Balaban J connectivity index is 1.74. The van der Waals surface area contributed by atoms with E-state index in [0.29, 0.717) is 6.42 Å². The van der Waals surface area contributed by atoms with Crippen molar-refractivity contribution in [1.82, 2.24) is 0 Å². The highest BCUT2D eigenvalue weighted by Crippen LogP contribution is 2.39. The quantitative estimate of drug-likeness (QED) is 0.428. The summed E-state index contributed by atoms with van der Waals surface area (Å²) >= 11 is 1.26. The van der Waals surface area contributed by atoms with Gasteiger partial charge in [-0.2, -0.15) is 11.8 Å². The van der Waals surface area contributed by atoms with Gasteiger partial charge >= 0.3 is 7.48 Å². The van der Waals surface area contributed by atoms with Crippen LogP contribution in [0.5, 0.6) is 0 Å². The van der Waals surface area contributed by atoms with Gasteiger partial charge in [0.05, 0.1) is 49.6 Å². The molecule has 7 atom stereocenters. The Morgan fingerprint density at radius 3 is 2.70 bits per heavy atom. The molecule has 2 rings (SSSR count). The lowest BCUT2D eigenvalue weighted by atomic mass is 9.82. The average molecular weight is 301 g/mol. The molecular weight excluding hydrogens is 282 g/mol. The minimum atomic E-state index is -1.34. The Hall–Kier alpha value is 0.240. The zero-order valence-corrected chi connectivity index (χ0v) is 12.1. The standard InChI is InChI=1S/C11H19B2O6S/c1-11(17)8(16)7(20-10(11)12)4-18-13-9-6(15)2-5(3-14)19-9/h5-10,14-17H,2-4H2,1H3/t5-,6+,7+,8+,9+,10+,11+/m0/s1. The molecule has 2 heterocycles. The van der Waals surface area contributed by atoms with Crippen LogP contribution in [0, 0.1) is 0 Å². The molecule has 2 fully saturated rings. The van der Waals surface area contributed by atoms with E-state index in [4.69, 9.17) is 22.3 Å². The second kappa shape index (κ2) is 6.56. The van der Waals surface area contributed by atoms with Gasteiger partial charge in [0.2, 0.25) is 0 Å². The Labute approximate surface area is 124 Å². The molecule has 3 radical (unpaired) electrons. The molecule has 2 aliphatic heterocycles. The second-order valence-corrected chi connectivity index (χ2v) is 6.83. The topological polar surface area (TPSA) is 99.4 Å². The first-order chi connectivity index (χ1) is 9.36. The number of thioether (sulfide) groups is 1. The first-order valence-corrected chi connectivity index (χ1v) is 7.51. The number of hydrogen-bond acceptors (Lipinski definition) is 7. The lowest BCUT2D eigenvalue weighted by Crippen LogP contribution is -2.46. The first kappa shape index (κ1) is 16.6. The fourth-order valence-corrected chi connectivity index (χ4v) is 3.71. The highest BCUT2D eigenvalue weighted by molar-refractivity contribution is 8.02. The normalized spacial score (nSPS) is 48.6. The summed E-state index contributed by atoms with van der Waals surface area (Å²) < 4.78 is 10.7. The van der Waals surface area contributed by atoms with Crippen LogP contribution in [0.3, 0.4) is 0 Å². The molecule has 9 heteroatoms. The SMILES string of the molecule is [B][C@@H]1S[C@H](CO[B][C@@H]2O[C@H](CO)C[C@H]2O)[C@@H](O)[C@@]1(C)O. The van der Waals surface area contributed by atoms with Crippen LogP contribution in [0.15, 0.2) is 0 Å². The molecular formula is C11H19B2O6S. The van der Waals surface area contributed by atoms with E-state index in [1.54, 1.807) is 0 Å². The van der Waals surface area contributed by atoms with E-state index in [-0.39, 0.29) is 24.6 Å². The molecule has 111 valence electrons. The molecule has 6 nitrogen and oxygen atoms in total. The molecule has 2 aliphatic rings. The van der Waals surface area contributed by atoms with Crippen molar-refractivity contribution < 1.29 is 29.8 Å². The predicted octanol–water partition coefficient (Wildman–Crippen LogP) is -2.19. The van der Waals surface area contributed by atoms with Gasteiger partial charge in [-0.05, 0) is 12.1 Å². The van der Waals surface area contributed by atoms with E-state index in [2.05, 4.69) is 0 Å². The van der Waals surface area contributed by atoms with Crippen LogP contribution in [-0.4, -0.2) is 89.3 Å². The predicted molar refractivity (Wildman–Crippen MR) is 75.6 cm³/mol. The number of aliphatic hydroxyl groups excluding tert-OH is 3. The van der Waals surface area contributed by atoms with Gasteiger partial charge in [-0.15, -0.1) is 0 Å². The zero-order chi connectivity index (χ0) is 14.9. The van der Waals surface area contributed by atoms with E-state index in [9.17, 15) is 15.3 Å². The smallest absolute Gasteiger partial charge is 0.327 e. The lowest BCUT2D eigenvalue weighted by molar-refractivity contribution is -0.0461. The second-order valence-electron chi connectivity index (χ2n) is 5.44. The number of aliphatic hydroxyl groups is 4. The fraction of sp³-hybridized carbons (Fsp3) is 1.00. The van der Waals surface area contributed by atoms with Crippen LogP contribution in [-0.2, 0) is 9.39 Å². The van der Waals surface area contributed by atoms with Crippen LogP contribution in [0.25, 0.3) is 0 Å². The summed E-state index contributed by atoms with van der Waals surface area (Å²) in [6, 6.07) is -0.593. The zero-order valence-electron chi connectivity index (χ0n) is 11.3. The minimum absolute atomic E-state index is 0.143. The fourth-order valence-electron chi connectivity index (χ4n) is 2.33. The first-order valence-electron chi connectivity index (χ1n) is 6.57. The summed E-state index contributed by atoms with van der Waals surface area (Å²) in [4.78, 5) is 0. The summed E-state index contributed by atoms with van der Waals surface area (Å²) in [5, 5.41) is 37.7. The van der Waals surface area contributed by atoms with E-state index in [0.717, 1.165) is 0 Å². The molecule has 0 bridgehead atoms. The molecule has 0 amide bonds. The Morgan fingerprint density at radius 2 is 2.20 bits per heavy atom. The summed E-state index contributed by atoms with van der Waals surface area (Å²) in [6.45, 7) is 1.51. The molecule has 20 heavy (non-hydrogen) atoms. The van der Waals surface area contributed by atoms with Crippen molar-refractivity contribution in [3.05, 3.63) is 0 Å². The Kier molecular flexibility index (Phi) is 5.45. The monoisotopic (exact) mass is 301 g/mol. The summed E-state index contributed by atoms with van der Waals surface area (Å²) in [5.74, 6) is 0. The Bertz CT molecular complexity index is 334. The largest absolute Gasteiger partial charge is 0.436 e. The maximum Gasteiger partial charge on any atom is 0.327 e. The lowest BCUT2D eigenvalue weighted by Gasteiger charge is -2.26. The van der Waals surface area contributed by atoms with Crippen molar-refractivity contribution in [3.8, 4) is 0 Å². The van der Waals surface area contributed by atoms with Crippen LogP contribution in [0.2, 0.25) is 0 Å². The molecule has 0 saturated carbocycles. The van der Waals surface area contributed by atoms with Gasteiger partial charge in [-0.3, -0.25) is 0 Å². The molecule has 0 unspecified atom stereocenters. The third-order valence-electron chi connectivity index (χ3n) is 3.78. The van der Waals surface area contributed by atoms with Crippen molar-refractivity contribution in [2.45, 2.75) is 53.7 Å². The maximum absolute atomic E-state index is 9.97. The van der Waals surface area contributed by atoms with Crippen LogP contribution in [0.4, 0.5) is 0 Å². The van der Waals surface area contributed by atoms with E-state index in [1.165, 1.54) is 26.2 Å². The van der Waals surface area contributed by atoms with Gasteiger partial charge in [-0.1, -0.05) is 0 Å². The minimum Gasteiger partial charge on any atom is -0.436 e. The van der Waals surface area contributed by atoms with Gasteiger partial charge in [-0.25, -0.2) is 0 Å². The molecule has 2 saturated heterocycles. The molecule has 0 aliphatic carbocycles. The van der Waals surface area contributed by atoms with Crippen LogP contribution < -0.4 is 0 Å². The third-order valence-corrected chi connectivity index (χ3v) is 5.29. The summed E-state index contributed by atoms with van der Waals surface area (Å²) in [7, 11) is 7.11. The summed E-state index contributed by atoms with van der Waals surface area (Å²) in [6.07, 6.45) is -1.70. The van der Waals surface area contributed by atoms with E-state index in [1.807, 2.05) is 0 Å². The van der Waals surface area contributed by atoms with Crippen molar-refractivity contribution in [1.29, 1.82) is 0 Å². The molecule has 0 aromatic heterocycles. The maximum atomic E-state index is 9.97. The third kappa shape index (κ3) is 3.35. The van der Waals surface area contributed by atoms with Crippen molar-refractivity contribution in [2.75, 3.05) is 13.2 Å². The number of hydrogen-bond donors (Lipinski definition) is 4. The van der Waals surface area contributed by atoms with Gasteiger partial charge in [0.1, 0.15) is 0 Å². The van der Waals surface area contributed by atoms with Gasteiger partial charge < -0.3 is 29.8 Å². The highest BCUT2D eigenvalue weighted by Gasteiger charge is 2.48. The van der Waals surface area contributed by atoms with Crippen molar-refractivity contribution in [2.24, 2.45) is 0 Å². The number of rotatable bonds is 5. The summed E-state index contributed by atoms with van der Waals surface area (Å²) in [5.41, 5.74) is -1.34. The van der Waals surface area contributed by atoms with Crippen molar-refractivity contribution >= 4 is 27.1 Å². The average Bonchev–Trinajstić information content (AvgIpc) is 2.84. The van der Waals surface area contributed by atoms with Crippen molar-refractivity contribution in [3.63, 3.8) is 0 Å². The number of ether oxygens (including phenoxy) is 1. The van der Waals surface area contributed by atoms with Crippen LogP contribution in [0.1, 0.15) is 13.3 Å². The van der Waals surface area contributed by atoms with Crippen LogP contribution >= 0.6 is 11.8 Å². The van der Waals surface area contributed by atoms with E-state index >= 15 is 0 Å². The molecule has 0 aromatic rings. The van der Waals surface area contributed by atoms with Gasteiger partial charge in [0.15, 0.2) is 0 Å². The Morgan fingerprint density at radius 1 is 1.50 bits per heavy atom. The molecule has 4 N–H and O–H groups in total. The van der Waals surface area contributed by atoms with Gasteiger partial charge in [0.25, 0.3) is 0 Å². The van der Waals surface area contributed by atoms with Gasteiger partial charge in [0, 0.05) is 13.0 Å². The highest BCUT2D eigenvalue weighted by atomic mass is 32.2. The van der Waals surface area contributed by atoms with E-state index < -0.39 is 29.0 Å².